The summed E-state index contributed by atoms with van der Waals surface area (Å²) < 4.78 is 36.8. The lowest BCUT2D eigenvalue weighted by molar-refractivity contribution is -0.137. The molecule has 0 aliphatic rings. The van der Waals surface area contributed by atoms with Gasteiger partial charge < -0.3 is 10.8 Å². The fraction of sp³-hybridized carbons (Fsp3) is 0.375. The van der Waals surface area contributed by atoms with Gasteiger partial charge in [0.25, 0.3) is 0 Å². The Morgan fingerprint density at radius 3 is 2.60 bits per heavy atom. The zero-order chi connectivity index (χ0) is 11.6. The molecule has 0 spiro atoms. The molecule has 3 N–H and O–H groups in total. The molecule has 0 fully saturated rings. The number of pyridine rings is 1. The zero-order valence-electron chi connectivity index (χ0n) is 7.42. The lowest BCUT2D eigenvalue weighted by Gasteiger charge is -2.13. The first kappa shape index (κ1) is 12.2. The van der Waals surface area contributed by atoms with E-state index in [9.17, 15) is 13.2 Å². The molecule has 1 rings (SSSR count). The summed E-state index contributed by atoms with van der Waals surface area (Å²) in [5.41, 5.74) is 4.41. The van der Waals surface area contributed by atoms with Gasteiger partial charge in [0, 0.05) is 11.8 Å². The molecule has 0 bridgehead atoms. The summed E-state index contributed by atoms with van der Waals surface area (Å²) in [5, 5.41) is 8.58. The van der Waals surface area contributed by atoms with Gasteiger partial charge in [0.2, 0.25) is 0 Å². The Kier molecular flexibility index (Phi) is 3.54. The van der Waals surface area contributed by atoms with Gasteiger partial charge in [-0.2, -0.15) is 13.2 Å². The van der Waals surface area contributed by atoms with Gasteiger partial charge >= 0.3 is 6.18 Å². The molecule has 0 aliphatic heterocycles. The third-order valence-electron chi connectivity index (χ3n) is 1.79. The summed E-state index contributed by atoms with van der Waals surface area (Å²) in [6.45, 7) is -0.497. The predicted octanol–water partition coefficient (Wildman–Crippen LogP) is 1.75. The van der Waals surface area contributed by atoms with E-state index in [-0.39, 0.29) is 10.7 Å². The van der Waals surface area contributed by atoms with Crippen LogP contribution in [0.3, 0.4) is 0 Å². The smallest absolute Gasteiger partial charge is 0.394 e. The van der Waals surface area contributed by atoms with Gasteiger partial charge in [-0.05, 0) is 6.07 Å². The molecule has 0 aromatic carbocycles. The Hall–Kier alpha value is -0.850. The predicted molar refractivity (Wildman–Crippen MR) is 48.3 cm³/mol. The number of aliphatic hydroxyl groups excluding tert-OH is 1. The second-order valence-electron chi connectivity index (χ2n) is 2.89. The van der Waals surface area contributed by atoms with Gasteiger partial charge in [-0.3, -0.25) is 0 Å². The van der Waals surface area contributed by atoms with Crippen LogP contribution in [0.25, 0.3) is 0 Å². The molecule has 84 valence electrons. The van der Waals surface area contributed by atoms with E-state index >= 15 is 0 Å². The minimum Gasteiger partial charge on any atom is -0.394 e. The number of halogens is 4. The number of aliphatic hydroxyl groups is 1. The molecule has 3 nitrogen and oxygen atoms in total. The fourth-order valence-corrected chi connectivity index (χ4v) is 1.22. The van der Waals surface area contributed by atoms with Crippen LogP contribution in [-0.2, 0) is 6.18 Å². The van der Waals surface area contributed by atoms with E-state index < -0.39 is 24.4 Å². The van der Waals surface area contributed by atoms with Crippen molar-refractivity contribution < 1.29 is 18.3 Å². The lowest BCUT2D eigenvalue weighted by atomic mass is 10.1. The molecular weight excluding hydrogens is 233 g/mol. The molecule has 0 radical (unpaired) electrons. The van der Waals surface area contributed by atoms with Gasteiger partial charge in [-0.25, -0.2) is 4.98 Å². The third kappa shape index (κ3) is 2.80. The first-order valence-corrected chi connectivity index (χ1v) is 4.33. The van der Waals surface area contributed by atoms with Crippen LogP contribution in [-0.4, -0.2) is 16.7 Å². The summed E-state index contributed by atoms with van der Waals surface area (Å²) in [5.74, 6) is 0. The largest absolute Gasteiger partial charge is 0.417 e. The molecule has 0 amide bonds. The highest BCUT2D eigenvalue weighted by Crippen LogP contribution is 2.31. The van der Waals surface area contributed by atoms with Crippen LogP contribution >= 0.6 is 11.6 Å². The fourth-order valence-electron chi connectivity index (χ4n) is 0.978. The van der Waals surface area contributed by atoms with Crippen LogP contribution in [0.1, 0.15) is 17.2 Å². The number of rotatable bonds is 2. The summed E-state index contributed by atoms with van der Waals surface area (Å²) in [7, 11) is 0. The Bertz CT molecular complexity index is 356. The molecule has 15 heavy (non-hydrogen) atoms. The highest BCUT2D eigenvalue weighted by molar-refractivity contribution is 6.30. The van der Waals surface area contributed by atoms with Crippen molar-refractivity contribution in [3.05, 3.63) is 28.5 Å². The first-order chi connectivity index (χ1) is 6.86. The van der Waals surface area contributed by atoms with Crippen LogP contribution in [0.15, 0.2) is 12.3 Å². The van der Waals surface area contributed by atoms with E-state index in [0.717, 1.165) is 6.07 Å². The Balaban J connectivity index is 3.17. The Labute approximate surface area is 88.7 Å². The maximum Gasteiger partial charge on any atom is 0.417 e. The molecule has 0 unspecified atom stereocenters. The van der Waals surface area contributed by atoms with E-state index in [1.165, 1.54) is 0 Å². The SMILES string of the molecule is N[C@H](CO)c1cc(C(F)(F)F)cnc1Cl. The van der Waals surface area contributed by atoms with Gasteiger partial charge in [0.1, 0.15) is 5.15 Å². The molecule has 0 aliphatic carbocycles. The molecular formula is C8H8ClF3N2O. The number of nitrogens with zero attached hydrogens (tertiary/aromatic N) is 1. The monoisotopic (exact) mass is 240 g/mol. The lowest BCUT2D eigenvalue weighted by Crippen LogP contribution is -2.17. The van der Waals surface area contributed by atoms with Crippen LogP contribution in [0, 0.1) is 0 Å². The van der Waals surface area contributed by atoms with Crippen molar-refractivity contribution in [2.45, 2.75) is 12.2 Å². The first-order valence-electron chi connectivity index (χ1n) is 3.95. The van der Waals surface area contributed by atoms with Crippen molar-refractivity contribution in [3.63, 3.8) is 0 Å². The maximum atomic E-state index is 12.3. The second kappa shape index (κ2) is 4.34. The number of hydrogen-bond acceptors (Lipinski definition) is 3. The molecule has 7 heteroatoms. The van der Waals surface area contributed by atoms with Gasteiger partial charge in [0.15, 0.2) is 0 Å². The number of aromatic nitrogens is 1. The zero-order valence-corrected chi connectivity index (χ0v) is 8.18. The maximum absolute atomic E-state index is 12.3. The summed E-state index contributed by atoms with van der Waals surface area (Å²) >= 11 is 5.55. The molecule has 0 saturated carbocycles. The number of alkyl halides is 3. The van der Waals surface area contributed by atoms with E-state index in [0.29, 0.717) is 6.20 Å². The minimum absolute atomic E-state index is 0.0195. The molecule has 1 aromatic rings. The topological polar surface area (TPSA) is 59.1 Å². The Morgan fingerprint density at radius 1 is 1.53 bits per heavy atom. The average molecular weight is 241 g/mol. The van der Waals surface area contributed by atoms with Crippen LogP contribution in [0.5, 0.6) is 0 Å². The van der Waals surface area contributed by atoms with Crippen molar-refractivity contribution in [2.24, 2.45) is 5.73 Å². The van der Waals surface area contributed by atoms with Crippen LogP contribution in [0.4, 0.5) is 13.2 Å². The third-order valence-corrected chi connectivity index (χ3v) is 2.11. The molecule has 1 heterocycles. The molecule has 0 saturated heterocycles. The van der Waals surface area contributed by atoms with E-state index in [2.05, 4.69) is 4.98 Å². The standard InChI is InChI=1S/C8H8ClF3N2O/c9-7-5(6(13)3-15)1-4(2-14-7)8(10,11)12/h1-2,6,15H,3,13H2/t6-/m1/s1. The Morgan fingerprint density at radius 2 is 2.13 bits per heavy atom. The summed E-state index contributed by atoms with van der Waals surface area (Å²) in [6.07, 6.45) is -3.88. The minimum atomic E-state index is -4.50. The average Bonchev–Trinajstić information content (AvgIpc) is 2.15. The van der Waals surface area contributed by atoms with E-state index in [1.54, 1.807) is 0 Å². The molecule has 1 aromatic heterocycles. The summed E-state index contributed by atoms with van der Waals surface area (Å²) in [6, 6.07) is -0.178. The van der Waals surface area contributed by atoms with Gasteiger partial charge in [0.05, 0.1) is 18.2 Å². The van der Waals surface area contributed by atoms with Crippen LogP contribution < -0.4 is 5.73 Å². The summed E-state index contributed by atoms with van der Waals surface area (Å²) in [4.78, 5) is 3.37. The van der Waals surface area contributed by atoms with E-state index in [4.69, 9.17) is 22.4 Å². The van der Waals surface area contributed by atoms with Crippen molar-refractivity contribution in [3.8, 4) is 0 Å². The number of nitrogens with two attached hydrogens (primary N) is 1. The van der Waals surface area contributed by atoms with Crippen molar-refractivity contribution in [1.82, 2.24) is 4.98 Å². The normalized spacial score (nSPS) is 14.0. The highest BCUT2D eigenvalue weighted by Gasteiger charge is 2.32. The van der Waals surface area contributed by atoms with Gasteiger partial charge in [-0.15, -0.1) is 0 Å². The van der Waals surface area contributed by atoms with Crippen molar-refractivity contribution in [1.29, 1.82) is 0 Å². The van der Waals surface area contributed by atoms with Gasteiger partial charge in [-0.1, -0.05) is 11.6 Å². The van der Waals surface area contributed by atoms with Crippen molar-refractivity contribution >= 4 is 11.6 Å². The van der Waals surface area contributed by atoms with E-state index in [1.807, 2.05) is 0 Å². The molecule has 1 atom stereocenters. The van der Waals surface area contributed by atoms with Crippen LogP contribution in [0.2, 0.25) is 5.15 Å². The number of hydrogen-bond donors (Lipinski definition) is 2. The van der Waals surface area contributed by atoms with Crippen molar-refractivity contribution in [2.75, 3.05) is 6.61 Å². The second-order valence-corrected chi connectivity index (χ2v) is 3.25. The highest BCUT2D eigenvalue weighted by atomic mass is 35.5. The quantitative estimate of drug-likeness (QED) is 0.775.